The third-order valence-corrected chi connectivity index (χ3v) is 4.17. The van der Waals surface area contributed by atoms with Crippen molar-refractivity contribution in [2.75, 3.05) is 11.5 Å². The fraction of sp³-hybridized carbons (Fsp3) is 0.500. The van der Waals surface area contributed by atoms with Gasteiger partial charge in [0.05, 0.1) is 0 Å². The molecule has 1 aromatic rings. The second-order valence-electron chi connectivity index (χ2n) is 4.60. The average Bonchev–Trinajstić information content (AvgIpc) is 2.29. The highest BCUT2D eigenvalue weighted by Crippen LogP contribution is 2.06. The number of carbonyl (C=O) groups is 1. The van der Waals surface area contributed by atoms with E-state index >= 15 is 0 Å². The first-order valence-electron chi connectivity index (χ1n) is 6.03. The van der Waals surface area contributed by atoms with Crippen molar-refractivity contribution in [3.8, 4) is 0 Å². The van der Waals surface area contributed by atoms with Crippen molar-refractivity contribution >= 4 is 16.6 Å². The van der Waals surface area contributed by atoms with Crippen LogP contribution in [0, 0.1) is 5.92 Å². The molecule has 2 nitrogen and oxygen atoms in total. The molecule has 0 spiro atoms. The maximum absolute atomic E-state index is 11.7. The molecule has 94 valence electrons. The van der Waals surface area contributed by atoms with E-state index in [9.17, 15) is 9.00 Å². The Bertz CT molecular complexity index is 371. The van der Waals surface area contributed by atoms with Crippen LogP contribution in [0.25, 0.3) is 0 Å². The van der Waals surface area contributed by atoms with E-state index in [0.29, 0.717) is 24.5 Å². The fourth-order valence-corrected chi connectivity index (χ4v) is 2.99. The monoisotopic (exact) mass is 252 g/mol. The zero-order valence-electron chi connectivity index (χ0n) is 10.5. The van der Waals surface area contributed by atoms with Gasteiger partial charge in [0.2, 0.25) is 0 Å². The van der Waals surface area contributed by atoms with Crippen LogP contribution < -0.4 is 0 Å². The lowest BCUT2D eigenvalue weighted by atomic mass is 10.1. The number of rotatable bonds is 7. The molecule has 0 saturated carbocycles. The van der Waals surface area contributed by atoms with Crippen molar-refractivity contribution < 1.29 is 9.00 Å². The quantitative estimate of drug-likeness (QED) is 0.699. The maximum Gasteiger partial charge on any atom is 0.162 e. The molecule has 1 aromatic carbocycles. The van der Waals surface area contributed by atoms with Crippen LogP contribution in [0.3, 0.4) is 0 Å². The summed E-state index contributed by atoms with van der Waals surface area (Å²) in [4.78, 5) is 11.7. The van der Waals surface area contributed by atoms with Crippen molar-refractivity contribution in [1.82, 2.24) is 0 Å². The minimum atomic E-state index is -0.775. The highest BCUT2D eigenvalue weighted by molar-refractivity contribution is 7.84. The number of hydrogen-bond donors (Lipinski definition) is 0. The lowest BCUT2D eigenvalue weighted by Gasteiger charge is -2.04. The van der Waals surface area contributed by atoms with E-state index in [0.717, 1.165) is 11.3 Å². The van der Waals surface area contributed by atoms with Gasteiger partial charge in [0.1, 0.15) is 0 Å². The number of hydrogen-bond acceptors (Lipinski definition) is 2. The molecule has 0 aliphatic rings. The summed E-state index contributed by atoms with van der Waals surface area (Å²) in [6.07, 6.45) is 1.21. The normalized spacial score (nSPS) is 12.6. The summed E-state index contributed by atoms with van der Waals surface area (Å²) in [6.45, 7) is 4.13. The molecule has 1 atom stereocenters. The second-order valence-corrected chi connectivity index (χ2v) is 6.22. The summed E-state index contributed by atoms with van der Waals surface area (Å²) < 4.78 is 11.6. The summed E-state index contributed by atoms with van der Waals surface area (Å²) in [5.74, 6) is 1.98. The lowest BCUT2D eigenvalue weighted by molar-refractivity contribution is 0.0982. The average molecular weight is 252 g/mol. The van der Waals surface area contributed by atoms with Crippen molar-refractivity contribution in [3.63, 3.8) is 0 Å². The van der Waals surface area contributed by atoms with Crippen molar-refractivity contribution in [3.05, 3.63) is 35.9 Å². The number of carbonyl (C=O) groups excluding carboxylic acids is 1. The Hall–Kier alpha value is -0.960. The van der Waals surface area contributed by atoms with Crippen LogP contribution >= 0.6 is 0 Å². The van der Waals surface area contributed by atoms with E-state index < -0.39 is 10.8 Å². The number of Topliss-reactive ketones (excluding diaryl/α,β-unsaturated/α-hetero) is 1. The van der Waals surface area contributed by atoms with Crippen LogP contribution in [0.5, 0.6) is 0 Å². The Morgan fingerprint density at radius 2 is 1.88 bits per heavy atom. The molecule has 0 radical (unpaired) electrons. The molecule has 0 aliphatic heterocycles. The lowest BCUT2D eigenvalue weighted by Crippen LogP contribution is -2.09. The Balaban J connectivity index is 2.28. The van der Waals surface area contributed by atoms with E-state index in [1.165, 1.54) is 0 Å². The van der Waals surface area contributed by atoms with Gasteiger partial charge in [-0.15, -0.1) is 0 Å². The van der Waals surface area contributed by atoms with E-state index in [1.807, 2.05) is 30.3 Å². The SMILES string of the molecule is CC(C)CS(=O)CCCC(=O)c1ccccc1. The van der Waals surface area contributed by atoms with Crippen molar-refractivity contribution in [1.29, 1.82) is 0 Å². The van der Waals surface area contributed by atoms with Crippen LogP contribution in [-0.4, -0.2) is 21.5 Å². The summed E-state index contributed by atoms with van der Waals surface area (Å²) >= 11 is 0. The molecule has 0 aromatic heterocycles. The molecular weight excluding hydrogens is 232 g/mol. The molecule has 0 fully saturated rings. The summed E-state index contributed by atoms with van der Waals surface area (Å²) in [5, 5.41) is 0. The Kier molecular flexibility index (Phi) is 6.12. The van der Waals surface area contributed by atoms with E-state index in [2.05, 4.69) is 13.8 Å². The highest BCUT2D eigenvalue weighted by atomic mass is 32.2. The summed E-state index contributed by atoms with van der Waals surface area (Å²) in [5.41, 5.74) is 0.752. The number of benzene rings is 1. The standard InChI is InChI=1S/C14H20O2S/c1-12(2)11-17(16)10-6-9-14(15)13-7-4-3-5-8-13/h3-5,7-8,12H,6,9-11H2,1-2H3. The summed E-state index contributed by atoms with van der Waals surface area (Å²) in [7, 11) is -0.775. The number of ketones is 1. The predicted molar refractivity (Wildman–Crippen MR) is 72.7 cm³/mol. The molecule has 17 heavy (non-hydrogen) atoms. The van der Waals surface area contributed by atoms with Gasteiger partial charge >= 0.3 is 0 Å². The van der Waals surface area contributed by atoms with Crippen LogP contribution in [-0.2, 0) is 10.8 Å². The topological polar surface area (TPSA) is 34.1 Å². The molecule has 0 amide bonds. The first-order valence-corrected chi connectivity index (χ1v) is 7.51. The van der Waals surface area contributed by atoms with E-state index in [4.69, 9.17) is 0 Å². The predicted octanol–water partition coefficient (Wildman–Crippen LogP) is 3.05. The summed E-state index contributed by atoms with van der Waals surface area (Å²) in [6, 6.07) is 9.28. The molecule has 1 rings (SSSR count). The van der Waals surface area contributed by atoms with Gasteiger partial charge in [0.25, 0.3) is 0 Å². The molecule has 3 heteroatoms. The van der Waals surface area contributed by atoms with Crippen LogP contribution in [0.2, 0.25) is 0 Å². The maximum atomic E-state index is 11.7. The van der Waals surface area contributed by atoms with Gasteiger partial charge in [-0.1, -0.05) is 44.2 Å². The van der Waals surface area contributed by atoms with Crippen molar-refractivity contribution in [2.24, 2.45) is 5.92 Å². The van der Waals surface area contributed by atoms with Gasteiger partial charge in [0, 0.05) is 34.3 Å². The zero-order chi connectivity index (χ0) is 12.7. The first-order chi connectivity index (χ1) is 8.09. The van der Waals surface area contributed by atoms with E-state index in [1.54, 1.807) is 0 Å². The minimum Gasteiger partial charge on any atom is -0.294 e. The van der Waals surface area contributed by atoms with Crippen LogP contribution in [0.1, 0.15) is 37.0 Å². The van der Waals surface area contributed by atoms with Gasteiger partial charge in [-0.05, 0) is 12.3 Å². The molecule has 0 bridgehead atoms. The van der Waals surface area contributed by atoms with Gasteiger partial charge in [-0.3, -0.25) is 9.00 Å². The molecule has 0 saturated heterocycles. The van der Waals surface area contributed by atoms with Gasteiger partial charge in [-0.25, -0.2) is 0 Å². The minimum absolute atomic E-state index is 0.146. The van der Waals surface area contributed by atoms with E-state index in [-0.39, 0.29) is 5.78 Å². The fourth-order valence-electron chi connectivity index (χ4n) is 1.62. The zero-order valence-corrected chi connectivity index (χ0v) is 11.3. The third-order valence-electron chi connectivity index (χ3n) is 2.39. The largest absolute Gasteiger partial charge is 0.294 e. The van der Waals surface area contributed by atoms with Crippen LogP contribution in [0.4, 0.5) is 0 Å². The van der Waals surface area contributed by atoms with Gasteiger partial charge in [-0.2, -0.15) is 0 Å². The molecule has 1 unspecified atom stereocenters. The third kappa shape index (κ3) is 5.78. The molecule has 0 aliphatic carbocycles. The van der Waals surface area contributed by atoms with Crippen LogP contribution in [0.15, 0.2) is 30.3 Å². The molecule has 0 N–H and O–H groups in total. The molecular formula is C14H20O2S. The smallest absolute Gasteiger partial charge is 0.162 e. The van der Waals surface area contributed by atoms with Gasteiger partial charge in [0.15, 0.2) is 5.78 Å². The molecule has 0 heterocycles. The first kappa shape index (κ1) is 14.1. The highest BCUT2D eigenvalue weighted by Gasteiger charge is 2.07. The van der Waals surface area contributed by atoms with Crippen molar-refractivity contribution in [2.45, 2.75) is 26.7 Å². The van der Waals surface area contributed by atoms with Gasteiger partial charge < -0.3 is 0 Å². The Morgan fingerprint density at radius 1 is 1.24 bits per heavy atom. The second kappa shape index (κ2) is 7.38. The Labute approximate surface area is 106 Å². The Morgan fingerprint density at radius 3 is 2.47 bits per heavy atom.